The average Bonchev–Trinajstić information content (AvgIpc) is 3.18. The first-order chi connectivity index (χ1) is 13.0. The number of phenols is 1. The van der Waals surface area contributed by atoms with E-state index in [4.69, 9.17) is 4.74 Å². The van der Waals surface area contributed by atoms with Crippen molar-refractivity contribution in [2.75, 3.05) is 56.8 Å². The molecule has 0 radical (unpaired) electrons. The second kappa shape index (κ2) is 8.81. The van der Waals surface area contributed by atoms with Crippen LogP contribution < -0.4 is 10.6 Å². The van der Waals surface area contributed by atoms with Gasteiger partial charge in [-0.05, 0) is 30.4 Å². The molecular formula is C18H25N3O5S. The molecule has 3 N–H and O–H groups in total. The Morgan fingerprint density at radius 1 is 1.37 bits per heavy atom. The zero-order chi connectivity index (χ0) is 19.3. The smallest absolute Gasteiger partial charge is 0.411 e. The molecule has 2 fully saturated rings. The maximum atomic E-state index is 12.6. The molecular weight excluding hydrogens is 370 g/mol. The summed E-state index contributed by atoms with van der Waals surface area (Å²) in [6, 6.07) is 4.38. The number of nitrogens with one attached hydrogen (secondary N) is 2. The Kier molecular flexibility index (Phi) is 6.46. The molecule has 2 heterocycles. The molecule has 0 saturated carbocycles. The number of phenolic OH excluding ortho intramolecular Hbond substituents is 1. The first kappa shape index (κ1) is 19.8. The van der Waals surface area contributed by atoms with Gasteiger partial charge in [-0.15, -0.1) is 0 Å². The average molecular weight is 395 g/mol. The van der Waals surface area contributed by atoms with Gasteiger partial charge in [-0.1, -0.05) is 0 Å². The Bertz CT molecular complexity index is 688. The molecule has 1 atom stereocenters. The van der Waals surface area contributed by atoms with Crippen molar-refractivity contribution in [1.82, 2.24) is 10.2 Å². The van der Waals surface area contributed by atoms with Crippen molar-refractivity contribution in [1.29, 1.82) is 0 Å². The second-order valence-corrected chi connectivity index (χ2v) is 7.76. The first-order valence-corrected chi connectivity index (χ1v) is 10.1. The summed E-state index contributed by atoms with van der Waals surface area (Å²) in [7, 11) is 1.24. The molecule has 8 nitrogen and oxygen atoms in total. The highest BCUT2D eigenvalue weighted by Gasteiger charge is 2.40. The summed E-state index contributed by atoms with van der Waals surface area (Å²) in [4.78, 5) is 26.3. The number of hydrogen-bond donors (Lipinski definition) is 3. The minimum absolute atomic E-state index is 0.0431. The van der Waals surface area contributed by atoms with Crippen LogP contribution in [0.1, 0.15) is 16.8 Å². The molecule has 3 rings (SSSR count). The number of rotatable bonds is 5. The molecule has 0 bridgehead atoms. The highest BCUT2D eigenvalue weighted by Crippen LogP contribution is 2.33. The molecule has 2 aliphatic heterocycles. The van der Waals surface area contributed by atoms with Crippen molar-refractivity contribution >= 4 is 29.4 Å². The van der Waals surface area contributed by atoms with Crippen molar-refractivity contribution in [3.8, 4) is 5.75 Å². The number of benzene rings is 1. The second-order valence-electron chi connectivity index (χ2n) is 6.66. The number of carbonyl (C=O) groups is 2. The van der Waals surface area contributed by atoms with E-state index in [-0.39, 0.29) is 22.9 Å². The number of thioether (sulfide) groups is 1. The quantitative estimate of drug-likeness (QED) is 0.650. The van der Waals surface area contributed by atoms with E-state index in [1.165, 1.54) is 19.2 Å². The molecule has 0 aromatic heterocycles. The molecule has 0 spiro atoms. The predicted molar refractivity (Wildman–Crippen MR) is 104 cm³/mol. The number of anilines is 1. The van der Waals surface area contributed by atoms with E-state index in [9.17, 15) is 14.7 Å². The molecule has 2 aliphatic rings. The largest absolute Gasteiger partial charge is 0.506 e. The van der Waals surface area contributed by atoms with Gasteiger partial charge in [0, 0.05) is 36.5 Å². The monoisotopic (exact) mass is 395 g/mol. The highest BCUT2D eigenvalue weighted by atomic mass is 32.2. The maximum Gasteiger partial charge on any atom is 0.411 e. The van der Waals surface area contributed by atoms with Crippen molar-refractivity contribution in [3.05, 3.63) is 23.8 Å². The summed E-state index contributed by atoms with van der Waals surface area (Å²) in [6.45, 7) is 3.77. The molecule has 148 valence electrons. The third-order valence-electron chi connectivity index (χ3n) is 5.02. The van der Waals surface area contributed by atoms with Gasteiger partial charge in [0.15, 0.2) is 0 Å². The fourth-order valence-electron chi connectivity index (χ4n) is 3.42. The molecule has 2 saturated heterocycles. The number of morpholine rings is 1. The molecule has 0 aliphatic carbocycles. The maximum absolute atomic E-state index is 12.6. The Hall–Kier alpha value is -1.97. The Morgan fingerprint density at radius 2 is 2.15 bits per heavy atom. The number of carbonyl (C=O) groups excluding carboxylic acids is 2. The lowest BCUT2D eigenvalue weighted by Crippen LogP contribution is -2.59. The number of aromatic hydroxyl groups is 1. The fraction of sp³-hybridized carbons (Fsp3) is 0.556. The summed E-state index contributed by atoms with van der Waals surface area (Å²) in [5.74, 6) is 1.63. The Labute approximate surface area is 162 Å². The third-order valence-corrected chi connectivity index (χ3v) is 6.26. The van der Waals surface area contributed by atoms with Crippen LogP contribution in [-0.4, -0.2) is 79.0 Å². The van der Waals surface area contributed by atoms with Crippen molar-refractivity contribution < 1.29 is 24.2 Å². The standard InChI is InChI=1S/C18H25N3O5S/c1-25-17(24)20-14-3-2-13(10-15(14)22)16(23)19-11-18(4-9-27-12-18)21-5-7-26-8-6-21/h2-3,10,22H,4-9,11-12H2,1H3,(H,19,23)(H,20,24)/t18-/m1/s1. The van der Waals surface area contributed by atoms with Crippen LogP contribution in [0.25, 0.3) is 0 Å². The van der Waals surface area contributed by atoms with Gasteiger partial charge < -0.3 is 19.9 Å². The van der Waals surface area contributed by atoms with Gasteiger partial charge in [0.05, 0.1) is 26.0 Å². The van der Waals surface area contributed by atoms with Crippen LogP contribution in [-0.2, 0) is 9.47 Å². The van der Waals surface area contributed by atoms with E-state index in [0.717, 1.165) is 44.2 Å². The fourth-order valence-corrected chi connectivity index (χ4v) is 4.90. The Morgan fingerprint density at radius 3 is 2.78 bits per heavy atom. The summed E-state index contributed by atoms with van der Waals surface area (Å²) < 4.78 is 9.95. The van der Waals surface area contributed by atoms with E-state index in [2.05, 4.69) is 20.3 Å². The predicted octanol–water partition coefficient (Wildman–Crippen LogP) is 1.51. The number of ether oxygens (including phenoxy) is 2. The number of methoxy groups -OCH3 is 1. The van der Waals surface area contributed by atoms with Gasteiger partial charge in [0.25, 0.3) is 5.91 Å². The van der Waals surface area contributed by atoms with Gasteiger partial charge in [0.1, 0.15) is 5.75 Å². The molecule has 1 aromatic carbocycles. The number of nitrogens with zero attached hydrogens (tertiary/aromatic N) is 1. The molecule has 9 heteroatoms. The van der Waals surface area contributed by atoms with E-state index in [1.54, 1.807) is 6.07 Å². The van der Waals surface area contributed by atoms with Gasteiger partial charge in [0.2, 0.25) is 0 Å². The van der Waals surface area contributed by atoms with Crippen LogP contribution >= 0.6 is 11.8 Å². The van der Waals surface area contributed by atoms with Crippen LogP contribution in [0.2, 0.25) is 0 Å². The van der Waals surface area contributed by atoms with Gasteiger partial charge >= 0.3 is 6.09 Å². The summed E-state index contributed by atoms with van der Waals surface area (Å²) >= 11 is 1.91. The van der Waals surface area contributed by atoms with E-state index in [1.807, 2.05) is 11.8 Å². The minimum Gasteiger partial charge on any atom is -0.506 e. The van der Waals surface area contributed by atoms with Gasteiger partial charge in [-0.3, -0.25) is 15.0 Å². The Balaban J connectivity index is 1.64. The summed E-state index contributed by atoms with van der Waals surface area (Å²) in [5, 5.41) is 15.5. The van der Waals surface area contributed by atoms with Gasteiger partial charge in [-0.25, -0.2) is 4.79 Å². The van der Waals surface area contributed by atoms with E-state index >= 15 is 0 Å². The lowest BCUT2D eigenvalue weighted by atomic mass is 9.95. The first-order valence-electron chi connectivity index (χ1n) is 8.91. The van der Waals surface area contributed by atoms with E-state index < -0.39 is 6.09 Å². The zero-order valence-electron chi connectivity index (χ0n) is 15.3. The van der Waals surface area contributed by atoms with Crippen LogP contribution in [0, 0.1) is 0 Å². The lowest BCUT2D eigenvalue weighted by Gasteiger charge is -2.43. The lowest BCUT2D eigenvalue weighted by molar-refractivity contribution is -0.0129. The number of hydrogen-bond acceptors (Lipinski definition) is 7. The van der Waals surface area contributed by atoms with Crippen molar-refractivity contribution in [3.63, 3.8) is 0 Å². The molecule has 27 heavy (non-hydrogen) atoms. The van der Waals surface area contributed by atoms with Crippen LogP contribution in [0.15, 0.2) is 18.2 Å². The summed E-state index contributed by atoms with van der Waals surface area (Å²) in [5.41, 5.74) is 0.486. The SMILES string of the molecule is COC(=O)Nc1ccc(C(=O)NC[C@]2(N3CCOCC3)CCSC2)cc1O. The molecule has 0 unspecified atom stereocenters. The topological polar surface area (TPSA) is 100 Å². The highest BCUT2D eigenvalue weighted by molar-refractivity contribution is 7.99. The van der Waals surface area contributed by atoms with Gasteiger partial charge in [-0.2, -0.15) is 11.8 Å². The van der Waals surface area contributed by atoms with Crippen LogP contribution in [0.4, 0.5) is 10.5 Å². The van der Waals surface area contributed by atoms with Crippen LogP contribution in [0.3, 0.4) is 0 Å². The molecule has 1 aromatic rings. The van der Waals surface area contributed by atoms with Crippen LogP contribution in [0.5, 0.6) is 5.75 Å². The zero-order valence-corrected chi connectivity index (χ0v) is 16.1. The minimum atomic E-state index is -0.686. The summed E-state index contributed by atoms with van der Waals surface area (Å²) in [6.07, 6.45) is 0.347. The molecule has 2 amide bonds. The van der Waals surface area contributed by atoms with Crippen molar-refractivity contribution in [2.45, 2.75) is 12.0 Å². The third kappa shape index (κ3) is 4.66. The van der Waals surface area contributed by atoms with E-state index in [0.29, 0.717) is 12.1 Å². The van der Waals surface area contributed by atoms with Crippen molar-refractivity contribution in [2.24, 2.45) is 0 Å². The number of amides is 2. The normalized spacial score (nSPS) is 23.0.